The van der Waals surface area contributed by atoms with Crippen LogP contribution >= 0.6 is 12.2 Å². The minimum absolute atomic E-state index is 0.0263. The molecule has 2 heterocycles. The number of nitrogens with one attached hydrogen (secondary N) is 2. The highest BCUT2D eigenvalue weighted by atomic mass is 32.1. The quantitative estimate of drug-likeness (QED) is 0.519. The minimum atomic E-state index is 0.0263. The molecule has 1 atom stereocenters. The van der Waals surface area contributed by atoms with Gasteiger partial charge >= 0.3 is 0 Å². The number of benzene rings is 2. The number of rotatable bonds is 8. The molecule has 6 nitrogen and oxygen atoms in total. The van der Waals surface area contributed by atoms with Crippen molar-refractivity contribution < 1.29 is 4.79 Å². The van der Waals surface area contributed by atoms with Crippen LogP contribution in [-0.4, -0.2) is 45.2 Å². The van der Waals surface area contributed by atoms with Gasteiger partial charge in [0.15, 0.2) is 10.6 Å². The van der Waals surface area contributed by atoms with Gasteiger partial charge in [-0.15, -0.1) is 0 Å². The molecule has 0 radical (unpaired) electrons. The van der Waals surface area contributed by atoms with Gasteiger partial charge in [-0.1, -0.05) is 54.1 Å². The maximum absolute atomic E-state index is 12.7. The van der Waals surface area contributed by atoms with Crippen LogP contribution < -0.4 is 5.32 Å². The van der Waals surface area contributed by atoms with Crippen molar-refractivity contribution in [2.24, 2.45) is 0 Å². The van der Waals surface area contributed by atoms with Gasteiger partial charge in [0.25, 0.3) is 0 Å². The van der Waals surface area contributed by atoms with E-state index in [-0.39, 0.29) is 11.9 Å². The standard InChI is InChI=1S/C24H29N5OS/c1-18-8-7-11-20(16-18)23-26-27-24(31)29(23)15-12-22(30)25-17-21(28-13-5-6-14-28)19-9-3-2-4-10-19/h2-4,7-11,16,21H,5-6,12-15,17H2,1H3,(H,25,30)(H,27,31)/t21-/m1/s1. The molecule has 0 aliphatic carbocycles. The molecule has 2 N–H and O–H groups in total. The van der Waals surface area contributed by atoms with Crippen molar-refractivity contribution in [3.8, 4) is 11.4 Å². The summed E-state index contributed by atoms with van der Waals surface area (Å²) in [5.41, 5.74) is 3.40. The zero-order chi connectivity index (χ0) is 21.6. The third kappa shape index (κ3) is 5.29. The van der Waals surface area contributed by atoms with Crippen LogP contribution in [0, 0.1) is 11.7 Å². The Morgan fingerprint density at radius 1 is 1.16 bits per heavy atom. The Morgan fingerprint density at radius 2 is 1.94 bits per heavy atom. The lowest BCUT2D eigenvalue weighted by Crippen LogP contribution is -2.37. The van der Waals surface area contributed by atoms with Crippen LogP contribution in [-0.2, 0) is 11.3 Å². The average Bonchev–Trinajstić information content (AvgIpc) is 3.43. The number of likely N-dealkylation sites (tertiary alicyclic amines) is 1. The second kappa shape index (κ2) is 10.0. The van der Waals surface area contributed by atoms with Gasteiger partial charge in [-0.05, 0) is 56.7 Å². The van der Waals surface area contributed by atoms with E-state index in [1.165, 1.54) is 18.4 Å². The largest absolute Gasteiger partial charge is 0.354 e. The molecule has 7 heteroatoms. The van der Waals surface area contributed by atoms with E-state index in [2.05, 4.69) is 50.7 Å². The number of hydrogen-bond donors (Lipinski definition) is 2. The van der Waals surface area contributed by atoms with E-state index < -0.39 is 0 Å². The summed E-state index contributed by atoms with van der Waals surface area (Å²) < 4.78 is 2.43. The van der Waals surface area contributed by atoms with Crippen LogP contribution in [0.2, 0.25) is 0 Å². The van der Waals surface area contributed by atoms with Crippen LogP contribution in [0.25, 0.3) is 11.4 Å². The summed E-state index contributed by atoms with van der Waals surface area (Å²) in [6, 6.07) is 18.8. The van der Waals surface area contributed by atoms with Crippen molar-refractivity contribution in [1.29, 1.82) is 0 Å². The molecule has 1 saturated heterocycles. The summed E-state index contributed by atoms with van der Waals surface area (Å²) in [6.07, 6.45) is 2.80. The van der Waals surface area contributed by atoms with Crippen LogP contribution in [0.3, 0.4) is 0 Å². The number of nitrogens with zero attached hydrogens (tertiary/aromatic N) is 3. The highest BCUT2D eigenvalue weighted by molar-refractivity contribution is 7.71. The third-order valence-corrected chi connectivity index (χ3v) is 6.17. The van der Waals surface area contributed by atoms with E-state index in [1.54, 1.807) is 0 Å². The fourth-order valence-corrected chi connectivity index (χ4v) is 4.45. The van der Waals surface area contributed by atoms with Crippen molar-refractivity contribution >= 4 is 18.1 Å². The second-order valence-electron chi connectivity index (χ2n) is 8.10. The van der Waals surface area contributed by atoms with Gasteiger partial charge in [-0.3, -0.25) is 19.4 Å². The summed E-state index contributed by atoms with van der Waals surface area (Å²) in [5.74, 6) is 0.791. The fraction of sp³-hybridized carbons (Fsp3) is 0.375. The van der Waals surface area contributed by atoms with Crippen LogP contribution in [0.1, 0.15) is 36.4 Å². The van der Waals surface area contributed by atoms with Crippen LogP contribution in [0.4, 0.5) is 0 Å². The van der Waals surface area contributed by atoms with E-state index in [4.69, 9.17) is 12.2 Å². The van der Waals surface area contributed by atoms with Gasteiger partial charge in [0.05, 0.1) is 6.04 Å². The predicted molar refractivity (Wildman–Crippen MR) is 125 cm³/mol. The first-order valence-corrected chi connectivity index (χ1v) is 11.3. The van der Waals surface area contributed by atoms with E-state index >= 15 is 0 Å². The zero-order valence-corrected chi connectivity index (χ0v) is 18.7. The lowest BCUT2D eigenvalue weighted by atomic mass is 10.1. The molecule has 4 rings (SSSR count). The number of amides is 1. The van der Waals surface area contributed by atoms with Gasteiger partial charge < -0.3 is 5.32 Å². The zero-order valence-electron chi connectivity index (χ0n) is 17.9. The lowest BCUT2D eigenvalue weighted by molar-refractivity contribution is -0.121. The second-order valence-corrected chi connectivity index (χ2v) is 8.48. The molecule has 2 aromatic carbocycles. The number of aromatic nitrogens is 3. The molecule has 0 bridgehead atoms. The average molecular weight is 436 g/mol. The Bertz CT molecular complexity index is 1070. The molecule has 3 aromatic rings. The Morgan fingerprint density at radius 3 is 2.68 bits per heavy atom. The predicted octanol–water partition coefficient (Wildman–Crippen LogP) is 4.26. The Hall–Kier alpha value is -2.77. The smallest absolute Gasteiger partial charge is 0.221 e. The van der Waals surface area contributed by atoms with Crippen molar-refractivity contribution in [3.63, 3.8) is 0 Å². The summed E-state index contributed by atoms with van der Waals surface area (Å²) in [7, 11) is 0. The van der Waals surface area contributed by atoms with Crippen LogP contribution in [0.15, 0.2) is 54.6 Å². The van der Waals surface area contributed by atoms with Gasteiger partial charge in [0.1, 0.15) is 0 Å². The SMILES string of the molecule is Cc1cccc(-c2n[nH]c(=S)n2CCC(=O)NC[C@H](c2ccccc2)N2CCCC2)c1. The highest BCUT2D eigenvalue weighted by Gasteiger charge is 2.23. The number of aromatic amines is 1. The molecule has 1 aliphatic heterocycles. The fourth-order valence-electron chi connectivity index (χ4n) is 4.23. The van der Waals surface area contributed by atoms with Crippen LogP contribution in [0.5, 0.6) is 0 Å². The first-order valence-electron chi connectivity index (χ1n) is 10.9. The molecule has 1 aromatic heterocycles. The van der Waals surface area contributed by atoms with Crippen molar-refractivity contribution in [3.05, 3.63) is 70.5 Å². The van der Waals surface area contributed by atoms with E-state index in [9.17, 15) is 4.79 Å². The molecular formula is C24H29N5OS. The molecule has 1 aliphatic rings. The number of aryl methyl sites for hydroxylation is 1. The normalized spacial score (nSPS) is 15.1. The van der Waals surface area contributed by atoms with Crippen molar-refractivity contribution in [1.82, 2.24) is 25.0 Å². The third-order valence-electron chi connectivity index (χ3n) is 5.86. The maximum Gasteiger partial charge on any atom is 0.221 e. The monoisotopic (exact) mass is 435 g/mol. The molecule has 0 saturated carbocycles. The van der Waals surface area contributed by atoms with E-state index in [0.717, 1.165) is 30.0 Å². The Labute approximate surface area is 188 Å². The summed E-state index contributed by atoms with van der Waals surface area (Å²) >= 11 is 5.41. The highest BCUT2D eigenvalue weighted by Crippen LogP contribution is 2.24. The Balaban J connectivity index is 1.39. The van der Waals surface area contributed by atoms with Gasteiger partial charge in [0.2, 0.25) is 5.91 Å². The molecular weight excluding hydrogens is 406 g/mol. The number of carbonyl (C=O) groups excluding carboxylic acids is 1. The molecule has 0 unspecified atom stereocenters. The number of hydrogen-bond acceptors (Lipinski definition) is 4. The van der Waals surface area contributed by atoms with Crippen molar-refractivity contribution in [2.45, 2.75) is 38.8 Å². The first kappa shape index (κ1) is 21.5. The molecule has 31 heavy (non-hydrogen) atoms. The maximum atomic E-state index is 12.7. The van der Waals surface area contributed by atoms with E-state index in [0.29, 0.717) is 24.3 Å². The topological polar surface area (TPSA) is 66.0 Å². The molecule has 1 fully saturated rings. The molecule has 1 amide bonds. The van der Waals surface area contributed by atoms with Gasteiger partial charge in [0, 0.05) is 25.1 Å². The summed E-state index contributed by atoms with van der Waals surface area (Å²) in [5, 5.41) is 10.4. The van der Waals surface area contributed by atoms with Gasteiger partial charge in [-0.25, -0.2) is 0 Å². The minimum Gasteiger partial charge on any atom is -0.354 e. The number of H-pyrrole nitrogens is 1. The first-order chi connectivity index (χ1) is 15.1. The molecule has 0 spiro atoms. The lowest BCUT2D eigenvalue weighted by Gasteiger charge is -2.28. The summed E-state index contributed by atoms with van der Waals surface area (Å²) in [6.45, 7) is 5.32. The molecule has 162 valence electrons. The Kier molecular flexibility index (Phi) is 6.94. The van der Waals surface area contributed by atoms with Crippen molar-refractivity contribution in [2.75, 3.05) is 19.6 Å². The van der Waals surface area contributed by atoms with Gasteiger partial charge in [-0.2, -0.15) is 5.10 Å². The summed E-state index contributed by atoms with van der Waals surface area (Å²) in [4.78, 5) is 15.2. The van der Waals surface area contributed by atoms with E-state index in [1.807, 2.05) is 35.8 Å². The number of carbonyl (C=O) groups is 1.